The van der Waals surface area contributed by atoms with Gasteiger partial charge < -0.3 is 14.8 Å². The minimum absolute atomic E-state index is 0.0335. The molecule has 0 saturated heterocycles. The van der Waals surface area contributed by atoms with Crippen molar-refractivity contribution in [3.05, 3.63) is 58.2 Å². The lowest BCUT2D eigenvalue weighted by molar-refractivity contribution is 0.0940. The van der Waals surface area contributed by atoms with Crippen LogP contribution in [0.25, 0.3) is 5.00 Å². The highest BCUT2D eigenvalue weighted by Crippen LogP contribution is 2.44. The van der Waals surface area contributed by atoms with Crippen molar-refractivity contribution in [3.63, 3.8) is 0 Å². The Balaban J connectivity index is 1.57. The van der Waals surface area contributed by atoms with Gasteiger partial charge in [-0.2, -0.15) is 0 Å². The molecule has 0 spiro atoms. The summed E-state index contributed by atoms with van der Waals surface area (Å²) in [6.07, 6.45) is 1.88. The first-order valence-corrected chi connectivity index (χ1v) is 11.5. The molecule has 1 atom stereocenters. The van der Waals surface area contributed by atoms with E-state index in [1.165, 1.54) is 29.5 Å². The summed E-state index contributed by atoms with van der Waals surface area (Å²) in [6.45, 7) is 2.70. The average Bonchev–Trinajstić information content (AvgIpc) is 3.45. The van der Waals surface area contributed by atoms with Crippen LogP contribution in [0.2, 0.25) is 0 Å². The van der Waals surface area contributed by atoms with Crippen molar-refractivity contribution in [2.24, 2.45) is 4.99 Å². The molecule has 1 unspecified atom stereocenters. The fourth-order valence-electron chi connectivity index (χ4n) is 3.99. The number of ether oxygens (including phenoxy) is 2. The lowest BCUT2D eigenvalue weighted by Gasteiger charge is -2.12. The van der Waals surface area contributed by atoms with E-state index in [1.807, 2.05) is 0 Å². The van der Waals surface area contributed by atoms with Crippen molar-refractivity contribution in [1.29, 1.82) is 0 Å². The molecule has 2 aromatic heterocycles. The number of thiophene rings is 1. The van der Waals surface area contributed by atoms with Crippen LogP contribution in [0.15, 0.2) is 23.2 Å². The summed E-state index contributed by atoms with van der Waals surface area (Å²) in [6, 6.07) is 3.26. The summed E-state index contributed by atoms with van der Waals surface area (Å²) in [7, 11) is 0. The van der Waals surface area contributed by atoms with E-state index in [4.69, 9.17) is 9.47 Å². The largest absolute Gasteiger partial charge is 0.481 e. The summed E-state index contributed by atoms with van der Waals surface area (Å²) in [5.74, 6) is -1.36. The fraction of sp³-hybridized carbons (Fsp3) is 0.364. The molecule has 3 aromatic rings. The number of rotatable bonds is 3. The van der Waals surface area contributed by atoms with E-state index in [1.54, 1.807) is 11.6 Å². The van der Waals surface area contributed by atoms with E-state index in [0.717, 1.165) is 12.8 Å². The summed E-state index contributed by atoms with van der Waals surface area (Å²) in [5, 5.41) is 8.46. The maximum Gasteiger partial charge on any atom is 0.291 e. The molecule has 6 rings (SSSR count). The van der Waals surface area contributed by atoms with E-state index >= 15 is 0 Å². The first kappa shape index (κ1) is 20.4. The highest BCUT2D eigenvalue weighted by atomic mass is 32.1. The summed E-state index contributed by atoms with van der Waals surface area (Å²) >= 11 is 1.27. The fourth-order valence-corrected chi connectivity index (χ4v) is 5.13. The third-order valence-electron chi connectivity index (χ3n) is 5.73. The van der Waals surface area contributed by atoms with Gasteiger partial charge in [-0.1, -0.05) is 17.4 Å². The SMILES string of the molecule is CC1N=C(c2c(F)cccc2F)c2c(sc3c2COCCO3)-n2nc(C(=O)NC3CC3)nc21. The Bertz CT molecular complexity index is 1290. The number of amides is 1. The van der Waals surface area contributed by atoms with E-state index < -0.39 is 17.7 Å². The number of fused-ring (bicyclic) bond motifs is 5. The van der Waals surface area contributed by atoms with Gasteiger partial charge in [-0.15, -0.1) is 5.10 Å². The van der Waals surface area contributed by atoms with E-state index in [9.17, 15) is 13.6 Å². The Morgan fingerprint density at radius 3 is 2.76 bits per heavy atom. The predicted octanol–water partition coefficient (Wildman–Crippen LogP) is 3.32. The number of hydrogen-bond donors (Lipinski definition) is 1. The van der Waals surface area contributed by atoms with Gasteiger partial charge in [0.05, 0.1) is 24.5 Å². The van der Waals surface area contributed by atoms with Crippen LogP contribution >= 0.6 is 11.3 Å². The smallest absolute Gasteiger partial charge is 0.291 e. The van der Waals surface area contributed by atoms with Crippen LogP contribution in [0.1, 0.15) is 58.9 Å². The monoisotopic (exact) mass is 471 g/mol. The average molecular weight is 471 g/mol. The third-order valence-corrected chi connectivity index (χ3v) is 6.85. The summed E-state index contributed by atoms with van der Waals surface area (Å²) < 4.78 is 42.8. The molecular formula is C22H19F2N5O3S. The number of carbonyl (C=O) groups excluding carboxylic acids is 1. The van der Waals surface area contributed by atoms with Gasteiger partial charge in [0.15, 0.2) is 10.9 Å². The molecule has 4 heterocycles. The van der Waals surface area contributed by atoms with Crippen LogP contribution < -0.4 is 10.1 Å². The molecule has 1 N–H and O–H groups in total. The number of aliphatic imine (C=N–C) groups is 1. The Morgan fingerprint density at radius 1 is 1.21 bits per heavy atom. The Labute approximate surface area is 191 Å². The Kier molecular flexibility index (Phi) is 4.77. The molecule has 1 amide bonds. The number of nitrogens with one attached hydrogen (secondary N) is 1. The molecule has 33 heavy (non-hydrogen) atoms. The van der Waals surface area contributed by atoms with Crippen molar-refractivity contribution in [2.75, 3.05) is 13.2 Å². The molecule has 1 fully saturated rings. The summed E-state index contributed by atoms with van der Waals surface area (Å²) in [5.41, 5.74) is 1.04. The van der Waals surface area contributed by atoms with E-state index in [-0.39, 0.29) is 35.7 Å². The van der Waals surface area contributed by atoms with Crippen molar-refractivity contribution in [3.8, 4) is 10.1 Å². The van der Waals surface area contributed by atoms with Crippen LogP contribution in [-0.4, -0.2) is 45.6 Å². The van der Waals surface area contributed by atoms with E-state index in [2.05, 4.69) is 20.4 Å². The molecule has 1 aliphatic carbocycles. The zero-order chi connectivity index (χ0) is 22.7. The molecule has 2 aliphatic heterocycles. The van der Waals surface area contributed by atoms with Crippen molar-refractivity contribution in [2.45, 2.75) is 38.5 Å². The molecule has 0 radical (unpaired) electrons. The van der Waals surface area contributed by atoms with Crippen molar-refractivity contribution < 1.29 is 23.0 Å². The molecule has 170 valence electrons. The third kappa shape index (κ3) is 3.42. The summed E-state index contributed by atoms with van der Waals surface area (Å²) in [4.78, 5) is 21.7. The van der Waals surface area contributed by atoms with Crippen LogP contribution in [0, 0.1) is 11.6 Å². The lowest BCUT2D eigenvalue weighted by atomic mass is 9.99. The van der Waals surface area contributed by atoms with Crippen LogP contribution in [0.4, 0.5) is 8.78 Å². The van der Waals surface area contributed by atoms with Gasteiger partial charge in [-0.3, -0.25) is 9.79 Å². The zero-order valence-electron chi connectivity index (χ0n) is 17.6. The molecule has 0 bridgehead atoms. The van der Waals surface area contributed by atoms with Crippen LogP contribution in [0.3, 0.4) is 0 Å². The molecule has 1 aromatic carbocycles. The number of halogens is 2. The quantitative estimate of drug-likeness (QED) is 0.633. The first-order chi connectivity index (χ1) is 16.0. The number of hydrogen-bond acceptors (Lipinski definition) is 7. The number of benzene rings is 1. The van der Waals surface area contributed by atoms with Gasteiger partial charge in [0.1, 0.15) is 29.3 Å². The first-order valence-electron chi connectivity index (χ1n) is 10.7. The predicted molar refractivity (Wildman–Crippen MR) is 115 cm³/mol. The molecule has 1 saturated carbocycles. The second-order valence-electron chi connectivity index (χ2n) is 8.15. The molecular weight excluding hydrogens is 452 g/mol. The van der Waals surface area contributed by atoms with Gasteiger partial charge in [0.2, 0.25) is 5.82 Å². The number of aromatic nitrogens is 3. The van der Waals surface area contributed by atoms with Gasteiger partial charge in [-0.05, 0) is 31.9 Å². The van der Waals surface area contributed by atoms with Gasteiger partial charge in [-0.25, -0.2) is 18.4 Å². The Morgan fingerprint density at radius 2 is 2.00 bits per heavy atom. The normalized spacial score (nSPS) is 19.4. The highest BCUT2D eigenvalue weighted by Gasteiger charge is 2.36. The number of nitrogens with zero attached hydrogens (tertiary/aromatic N) is 4. The molecule has 3 aliphatic rings. The highest BCUT2D eigenvalue weighted by molar-refractivity contribution is 7.17. The van der Waals surface area contributed by atoms with Crippen LogP contribution in [0.5, 0.6) is 5.06 Å². The lowest BCUT2D eigenvalue weighted by Crippen LogP contribution is -2.26. The number of carbonyl (C=O) groups is 1. The van der Waals surface area contributed by atoms with Crippen molar-refractivity contribution >= 4 is 23.0 Å². The van der Waals surface area contributed by atoms with Gasteiger partial charge in [0.25, 0.3) is 5.91 Å². The minimum Gasteiger partial charge on any atom is -0.481 e. The second kappa shape index (κ2) is 7.70. The maximum absolute atomic E-state index is 14.9. The molecule has 11 heteroatoms. The standard InChI is InChI=1S/C22H19F2N5O3S/c1-10-19-27-18(20(30)26-11-5-6-11)28-29(19)21-15(12-9-31-7-8-32-22(12)33-21)17(25-10)16-13(23)3-2-4-14(16)24/h2-4,10-11H,5-9H2,1H3,(H,26,30). The maximum atomic E-state index is 14.9. The molecule has 8 nitrogen and oxygen atoms in total. The topological polar surface area (TPSA) is 90.6 Å². The van der Waals surface area contributed by atoms with Gasteiger partial charge in [0, 0.05) is 17.2 Å². The van der Waals surface area contributed by atoms with Crippen molar-refractivity contribution in [1.82, 2.24) is 20.1 Å². The zero-order valence-corrected chi connectivity index (χ0v) is 18.4. The van der Waals surface area contributed by atoms with E-state index in [0.29, 0.717) is 40.2 Å². The minimum atomic E-state index is -0.723. The second-order valence-corrected chi connectivity index (χ2v) is 9.11. The van der Waals surface area contributed by atoms with Gasteiger partial charge >= 0.3 is 0 Å². The Hall–Kier alpha value is -3.18. The van der Waals surface area contributed by atoms with Crippen LogP contribution in [-0.2, 0) is 11.3 Å².